The number of carbonyl (C=O) groups excluding carboxylic acids is 1. The number of benzene rings is 1. The molecule has 0 atom stereocenters. The molecule has 0 aliphatic rings. The van der Waals surface area contributed by atoms with E-state index in [2.05, 4.69) is 5.32 Å². The standard InChI is InChI=1S/C13H16FNO4/c1-2-5-19-8-12(16)15-10-4-3-9(6-13(17)18)11(14)7-10/h3-4,7H,2,5-6,8H2,1H3,(H,15,16)(H,17,18). The van der Waals surface area contributed by atoms with Crippen LogP contribution < -0.4 is 5.32 Å². The molecule has 19 heavy (non-hydrogen) atoms. The van der Waals surface area contributed by atoms with E-state index in [9.17, 15) is 14.0 Å². The Morgan fingerprint density at radius 2 is 2.16 bits per heavy atom. The van der Waals surface area contributed by atoms with E-state index in [0.717, 1.165) is 12.5 Å². The van der Waals surface area contributed by atoms with Crippen LogP contribution in [-0.2, 0) is 20.7 Å². The molecule has 0 bridgehead atoms. The maximum Gasteiger partial charge on any atom is 0.307 e. The summed E-state index contributed by atoms with van der Waals surface area (Å²) in [6, 6.07) is 3.89. The van der Waals surface area contributed by atoms with Gasteiger partial charge in [-0.2, -0.15) is 0 Å². The average molecular weight is 269 g/mol. The zero-order chi connectivity index (χ0) is 14.3. The first-order valence-corrected chi connectivity index (χ1v) is 5.90. The Morgan fingerprint density at radius 3 is 2.74 bits per heavy atom. The second-order valence-corrected chi connectivity index (χ2v) is 3.98. The third-order valence-electron chi connectivity index (χ3n) is 2.26. The predicted molar refractivity (Wildman–Crippen MR) is 67.5 cm³/mol. The third-order valence-corrected chi connectivity index (χ3v) is 2.26. The summed E-state index contributed by atoms with van der Waals surface area (Å²) in [5, 5.41) is 11.0. The zero-order valence-corrected chi connectivity index (χ0v) is 10.6. The molecule has 0 spiro atoms. The number of hydrogen-bond acceptors (Lipinski definition) is 3. The Hall–Kier alpha value is -1.95. The number of carbonyl (C=O) groups is 2. The van der Waals surface area contributed by atoms with Crippen LogP contribution in [0, 0.1) is 5.82 Å². The van der Waals surface area contributed by atoms with Gasteiger partial charge in [-0.3, -0.25) is 9.59 Å². The fourth-order valence-corrected chi connectivity index (χ4v) is 1.44. The summed E-state index contributed by atoms with van der Waals surface area (Å²) in [6.07, 6.45) is 0.422. The lowest BCUT2D eigenvalue weighted by atomic mass is 10.1. The topological polar surface area (TPSA) is 75.6 Å². The number of nitrogens with one attached hydrogen (secondary N) is 1. The van der Waals surface area contributed by atoms with Crippen molar-refractivity contribution in [1.29, 1.82) is 0 Å². The van der Waals surface area contributed by atoms with Crippen molar-refractivity contribution >= 4 is 17.6 Å². The Labute approximate surface area is 110 Å². The van der Waals surface area contributed by atoms with Crippen molar-refractivity contribution < 1.29 is 23.8 Å². The minimum Gasteiger partial charge on any atom is -0.481 e. The van der Waals surface area contributed by atoms with Gasteiger partial charge in [0, 0.05) is 12.3 Å². The van der Waals surface area contributed by atoms with Crippen LogP contribution >= 0.6 is 0 Å². The molecule has 0 aromatic heterocycles. The number of carboxylic acid groups (broad SMARTS) is 1. The maximum absolute atomic E-state index is 13.5. The van der Waals surface area contributed by atoms with E-state index in [1.165, 1.54) is 12.1 Å². The Morgan fingerprint density at radius 1 is 1.42 bits per heavy atom. The molecule has 0 aliphatic heterocycles. The summed E-state index contributed by atoms with van der Waals surface area (Å²) in [5.74, 6) is -2.14. The first kappa shape index (κ1) is 15.1. The second-order valence-electron chi connectivity index (χ2n) is 3.98. The van der Waals surface area contributed by atoms with Crippen LogP contribution in [0.15, 0.2) is 18.2 Å². The quantitative estimate of drug-likeness (QED) is 0.740. The minimum absolute atomic E-state index is 0.0766. The summed E-state index contributed by atoms with van der Waals surface area (Å²) in [6.45, 7) is 2.32. The van der Waals surface area contributed by atoms with Crippen molar-refractivity contribution in [2.45, 2.75) is 19.8 Å². The van der Waals surface area contributed by atoms with Crippen LogP contribution in [0.2, 0.25) is 0 Å². The highest BCUT2D eigenvalue weighted by Crippen LogP contribution is 2.15. The van der Waals surface area contributed by atoms with E-state index in [1.807, 2.05) is 6.92 Å². The SMILES string of the molecule is CCCOCC(=O)Nc1ccc(CC(=O)O)c(F)c1. The van der Waals surface area contributed by atoms with Crippen LogP contribution in [-0.4, -0.2) is 30.2 Å². The fraction of sp³-hybridized carbons (Fsp3) is 0.385. The highest BCUT2D eigenvalue weighted by molar-refractivity contribution is 5.91. The van der Waals surface area contributed by atoms with Crippen LogP contribution in [0.25, 0.3) is 0 Å². The van der Waals surface area contributed by atoms with Crippen molar-refractivity contribution in [3.05, 3.63) is 29.6 Å². The molecule has 0 saturated carbocycles. The summed E-state index contributed by atoms with van der Waals surface area (Å²) < 4.78 is 18.6. The molecule has 0 radical (unpaired) electrons. The Bertz CT molecular complexity index is 462. The molecule has 6 heteroatoms. The van der Waals surface area contributed by atoms with Gasteiger partial charge in [-0.05, 0) is 24.1 Å². The van der Waals surface area contributed by atoms with Gasteiger partial charge in [-0.15, -0.1) is 0 Å². The second kappa shape index (κ2) is 7.48. The highest BCUT2D eigenvalue weighted by atomic mass is 19.1. The molecule has 0 unspecified atom stereocenters. The molecule has 5 nitrogen and oxygen atoms in total. The normalized spacial score (nSPS) is 10.2. The van der Waals surface area contributed by atoms with E-state index in [-0.39, 0.29) is 30.2 Å². The third kappa shape index (κ3) is 5.48. The van der Waals surface area contributed by atoms with Crippen LogP contribution in [0.5, 0.6) is 0 Å². The number of carboxylic acids is 1. The van der Waals surface area contributed by atoms with Crippen LogP contribution in [0.1, 0.15) is 18.9 Å². The molecule has 0 heterocycles. The smallest absolute Gasteiger partial charge is 0.307 e. The van der Waals surface area contributed by atoms with E-state index in [0.29, 0.717) is 6.61 Å². The molecule has 1 amide bonds. The lowest BCUT2D eigenvalue weighted by molar-refractivity contribution is -0.136. The van der Waals surface area contributed by atoms with E-state index < -0.39 is 11.8 Å². The molecular formula is C13H16FNO4. The highest BCUT2D eigenvalue weighted by Gasteiger charge is 2.09. The maximum atomic E-state index is 13.5. The lowest BCUT2D eigenvalue weighted by Gasteiger charge is -2.07. The summed E-state index contributed by atoms with van der Waals surface area (Å²) >= 11 is 0. The van der Waals surface area contributed by atoms with Crippen LogP contribution in [0.3, 0.4) is 0 Å². The van der Waals surface area contributed by atoms with E-state index in [1.54, 1.807) is 0 Å². The molecule has 1 aromatic rings. The van der Waals surface area contributed by atoms with Crippen molar-refractivity contribution in [2.24, 2.45) is 0 Å². The van der Waals surface area contributed by atoms with E-state index in [4.69, 9.17) is 9.84 Å². The van der Waals surface area contributed by atoms with Gasteiger partial charge in [0.25, 0.3) is 0 Å². The Kier molecular flexibility index (Phi) is 5.95. The summed E-state index contributed by atoms with van der Waals surface area (Å²) in [7, 11) is 0. The van der Waals surface area contributed by atoms with Crippen molar-refractivity contribution in [3.63, 3.8) is 0 Å². The minimum atomic E-state index is -1.11. The number of aliphatic carboxylic acids is 1. The molecular weight excluding hydrogens is 253 g/mol. The van der Waals surface area contributed by atoms with Gasteiger partial charge < -0.3 is 15.2 Å². The number of amides is 1. The Balaban J connectivity index is 2.58. The number of hydrogen-bond donors (Lipinski definition) is 2. The lowest BCUT2D eigenvalue weighted by Crippen LogP contribution is -2.18. The predicted octanol–water partition coefficient (Wildman–Crippen LogP) is 1.82. The van der Waals surface area contributed by atoms with Gasteiger partial charge in [0.1, 0.15) is 12.4 Å². The number of rotatable bonds is 7. The molecule has 0 aliphatic carbocycles. The molecule has 104 valence electrons. The molecule has 0 fully saturated rings. The number of halogens is 1. The van der Waals surface area contributed by atoms with Gasteiger partial charge in [0.05, 0.1) is 6.42 Å². The van der Waals surface area contributed by atoms with Gasteiger partial charge >= 0.3 is 5.97 Å². The van der Waals surface area contributed by atoms with Gasteiger partial charge in [-0.25, -0.2) is 4.39 Å². The van der Waals surface area contributed by atoms with Crippen molar-refractivity contribution in [3.8, 4) is 0 Å². The fourth-order valence-electron chi connectivity index (χ4n) is 1.44. The largest absolute Gasteiger partial charge is 0.481 e. The molecule has 2 N–H and O–H groups in total. The van der Waals surface area contributed by atoms with Gasteiger partial charge in [0.15, 0.2) is 0 Å². The first-order chi connectivity index (χ1) is 9.02. The van der Waals surface area contributed by atoms with Crippen molar-refractivity contribution in [2.75, 3.05) is 18.5 Å². The number of ether oxygens (including phenoxy) is 1. The monoisotopic (exact) mass is 269 g/mol. The molecule has 0 saturated heterocycles. The van der Waals surface area contributed by atoms with Gasteiger partial charge in [-0.1, -0.05) is 13.0 Å². The molecule has 1 rings (SSSR count). The number of anilines is 1. The van der Waals surface area contributed by atoms with E-state index >= 15 is 0 Å². The summed E-state index contributed by atoms with van der Waals surface area (Å²) in [5.41, 5.74) is 0.351. The van der Waals surface area contributed by atoms with Crippen molar-refractivity contribution in [1.82, 2.24) is 0 Å². The first-order valence-electron chi connectivity index (χ1n) is 5.90. The average Bonchev–Trinajstić information content (AvgIpc) is 2.32. The zero-order valence-electron chi connectivity index (χ0n) is 10.6. The van der Waals surface area contributed by atoms with Gasteiger partial charge in [0.2, 0.25) is 5.91 Å². The molecule has 1 aromatic carbocycles. The van der Waals surface area contributed by atoms with Crippen LogP contribution in [0.4, 0.5) is 10.1 Å². The summed E-state index contributed by atoms with van der Waals surface area (Å²) in [4.78, 5) is 21.9.